The van der Waals surface area contributed by atoms with Crippen molar-refractivity contribution in [2.75, 3.05) is 7.11 Å². The summed E-state index contributed by atoms with van der Waals surface area (Å²) in [5.41, 5.74) is 1.18. The van der Waals surface area contributed by atoms with Crippen LogP contribution in [-0.4, -0.2) is 33.5 Å². The van der Waals surface area contributed by atoms with Crippen molar-refractivity contribution in [3.63, 3.8) is 0 Å². The van der Waals surface area contributed by atoms with E-state index in [2.05, 4.69) is 62.5 Å². The van der Waals surface area contributed by atoms with Crippen LogP contribution in [0.5, 0.6) is 0 Å². The second-order valence-corrected chi connectivity index (χ2v) is 15.8. The zero-order chi connectivity index (χ0) is 24.5. The third kappa shape index (κ3) is 8.59. The largest absolute Gasteiger partial charge is 0.469 e. The van der Waals surface area contributed by atoms with Crippen LogP contribution < -0.4 is 0 Å². The zero-order valence-corrected chi connectivity index (χ0v) is 24.4. The number of carbonyl (C=O) groups excluding carboxylic acids is 2. The van der Waals surface area contributed by atoms with Crippen LogP contribution >= 0.6 is 22.6 Å². The van der Waals surface area contributed by atoms with Crippen molar-refractivity contribution in [1.82, 2.24) is 0 Å². The summed E-state index contributed by atoms with van der Waals surface area (Å²) in [6.45, 7) is 15.2. The van der Waals surface area contributed by atoms with Gasteiger partial charge >= 0.3 is 11.9 Å². The van der Waals surface area contributed by atoms with Gasteiger partial charge < -0.3 is 13.9 Å². The van der Waals surface area contributed by atoms with Gasteiger partial charge in [0, 0.05) is 18.8 Å². The van der Waals surface area contributed by atoms with Gasteiger partial charge in [-0.25, -0.2) is 0 Å². The van der Waals surface area contributed by atoms with Gasteiger partial charge in [-0.3, -0.25) is 9.59 Å². The summed E-state index contributed by atoms with van der Waals surface area (Å²) in [6.07, 6.45) is 7.51. The molecular formula is C25H43IO5Si. The van der Waals surface area contributed by atoms with Crippen LogP contribution in [0.25, 0.3) is 0 Å². The number of unbranched alkanes of at least 4 members (excludes halogenated alkanes) is 1. The van der Waals surface area contributed by atoms with Crippen LogP contribution in [0.2, 0.25) is 18.1 Å². The van der Waals surface area contributed by atoms with Crippen molar-refractivity contribution in [2.24, 2.45) is 11.8 Å². The molecule has 0 aromatic heterocycles. The quantitative estimate of drug-likeness (QED) is 0.105. The molecule has 0 saturated heterocycles. The molecule has 0 saturated carbocycles. The molecule has 0 bridgehead atoms. The average Bonchev–Trinajstić information content (AvgIpc) is 2.99. The van der Waals surface area contributed by atoms with Crippen molar-refractivity contribution in [2.45, 2.75) is 104 Å². The summed E-state index contributed by atoms with van der Waals surface area (Å²) in [6, 6.07) is 0. The molecule has 1 aliphatic rings. The lowest BCUT2D eigenvalue weighted by atomic mass is 9.94. The predicted octanol–water partition coefficient (Wildman–Crippen LogP) is 7.31. The summed E-state index contributed by atoms with van der Waals surface area (Å²) >= 11 is 2.26. The van der Waals surface area contributed by atoms with Crippen molar-refractivity contribution in [3.05, 3.63) is 21.5 Å². The van der Waals surface area contributed by atoms with Gasteiger partial charge in [0.05, 0.1) is 19.1 Å². The fraction of sp³-hybridized carbons (Fsp3) is 0.760. The van der Waals surface area contributed by atoms with Crippen molar-refractivity contribution >= 4 is 42.8 Å². The third-order valence-electron chi connectivity index (χ3n) is 6.71. The Morgan fingerprint density at radius 3 is 2.44 bits per heavy atom. The van der Waals surface area contributed by atoms with E-state index < -0.39 is 8.32 Å². The van der Waals surface area contributed by atoms with Gasteiger partial charge in [0.25, 0.3) is 0 Å². The van der Waals surface area contributed by atoms with Gasteiger partial charge in [0.2, 0.25) is 0 Å². The Labute approximate surface area is 210 Å². The molecule has 0 amide bonds. The molecule has 3 atom stereocenters. The number of ether oxygens (including phenoxy) is 2. The van der Waals surface area contributed by atoms with E-state index >= 15 is 0 Å². The van der Waals surface area contributed by atoms with Gasteiger partial charge in [0.15, 0.2) is 8.32 Å². The minimum Gasteiger partial charge on any atom is -0.469 e. The van der Waals surface area contributed by atoms with Crippen LogP contribution in [-0.2, 0) is 23.5 Å². The topological polar surface area (TPSA) is 61.8 Å². The second-order valence-electron chi connectivity index (χ2n) is 10.3. The van der Waals surface area contributed by atoms with E-state index in [9.17, 15) is 9.59 Å². The molecule has 0 aromatic rings. The van der Waals surface area contributed by atoms with Crippen LogP contribution in [0.15, 0.2) is 21.5 Å². The molecule has 0 heterocycles. The lowest BCUT2D eigenvalue weighted by Gasteiger charge is -2.39. The normalized spacial score (nSPS) is 20.7. The Morgan fingerprint density at radius 2 is 1.91 bits per heavy atom. The molecule has 184 valence electrons. The standard InChI is InChI=1S/C25H43IO5Si/c1-9-12-23(27)30-21-17-22(31-32(7,8)25(3,4)5)20(15-16-26)19(21)14-11-10-13-18(2)24(28)29-6/h15-16,18,20,22H,9-14,17H2,1-8H3/b16-15+/t18?,20-,22+/m0/s1. The van der Waals surface area contributed by atoms with E-state index in [0.29, 0.717) is 12.8 Å². The first-order chi connectivity index (χ1) is 14.9. The Kier molecular flexibility index (Phi) is 12.2. The second kappa shape index (κ2) is 13.3. The van der Waals surface area contributed by atoms with E-state index in [4.69, 9.17) is 13.9 Å². The molecule has 0 spiro atoms. The van der Waals surface area contributed by atoms with E-state index in [1.807, 2.05) is 17.9 Å². The zero-order valence-electron chi connectivity index (χ0n) is 21.3. The molecule has 7 heteroatoms. The molecule has 0 radical (unpaired) electrons. The molecule has 0 fully saturated rings. The minimum atomic E-state index is -1.98. The van der Waals surface area contributed by atoms with Crippen LogP contribution in [0.4, 0.5) is 0 Å². The Bertz CT molecular complexity index is 693. The summed E-state index contributed by atoms with van der Waals surface area (Å²) in [7, 11) is -0.547. The lowest BCUT2D eigenvalue weighted by molar-refractivity contribution is -0.145. The first-order valence-corrected chi connectivity index (χ1v) is 16.0. The highest BCUT2D eigenvalue weighted by Gasteiger charge is 2.44. The monoisotopic (exact) mass is 578 g/mol. The number of rotatable bonds is 12. The van der Waals surface area contributed by atoms with E-state index in [0.717, 1.165) is 37.9 Å². The fourth-order valence-corrected chi connectivity index (χ4v) is 5.52. The molecule has 1 rings (SSSR count). The predicted molar refractivity (Wildman–Crippen MR) is 141 cm³/mol. The highest BCUT2D eigenvalue weighted by atomic mass is 127. The lowest BCUT2D eigenvalue weighted by Crippen LogP contribution is -2.45. The SMILES string of the molecule is CCCC(=O)OC1=C(CCCCC(C)C(=O)OC)[C@H](/C=C/I)[C@H](O[Si](C)(C)C(C)(C)C)C1. The molecular weight excluding hydrogens is 535 g/mol. The van der Waals surface area contributed by atoms with Gasteiger partial charge in [-0.2, -0.15) is 0 Å². The van der Waals surface area contributed by atoms with Crippen LogP contribution in [0.1, 0.15) is 79.6 Å². The molecule has 0 N–H and O–H groups in total. The highest BCUT2D eigenvalue weighted by molar-refractivity contribution is 14.1. The van der Waals surface area contributed by atoms with E-state index in [-0.39, 0.29) is 34.9 Å². The third-order valence-corrected chi connectivity index (χ3v) is 11.6. The van der Waals surface area contributed by atoms with Crippen molar-refractivity contribution < 1.29 is 23.5 Å². The van der Waals surface area contributed by atoms with Crippen molar-refractivity contribution in [3.8, 4) is 0 Å². The number of methoxy groups -OCH3 is 1. The maximum absolute atomic E-state index is 12.3. The van der Waals surface area contributed by atoms with Gasteiger partial charge in [-0.15, -0.1) is 0 Å². The van der Waals surface area contributed by atoms with E-state index in [1.54, 1.807) is 0 Å². The maximum atomic E-state index is 12.3. The molecule has 5 nitrogen and oxygen atoms in total. The number of hydrogen-bond donors (Lipinski definition) is 0. The summed E-state index contributed by atoms with van der Waals surface area (Å²) in [5, 5.41) is 0.109. The number of esters is 2. The number of halogens is 1. The van der Waals surface area contributed by atoms with Crippen LogP contribution in [0.3, 0.4) is 0 Å². The first-order valence-electron chi connectivity index (χ1n) is 11.8. The first kappa shape index (κ1) is 29.4. The fourth-order valence-electron chi connectivity index (χ4n) is 3.73. The average molecular weight is 579 g/mol. The Hall–Kier alpha value is -0.673. The van der Waals surface area contributed by atoms with Crippen molar-refractivity contribution in [1.29, 1.82) is 0 Å². The molecule has 0 aliphatic heterocycles. The van der Waals surface area contributed by atoms with Gasteiger partial charge in [-0.05, 0) is 53.5 Å². The number of carbonyl (C=O) groups is 2. The summed E-state index contributed by atoms with van der Waals surface area (Å²) in [4.78, 5) is 24.0. The Morgan fingerprint density at radius 1 is 1.25 bits per heavy atom. The van der Waals surface area contributed by atoms with Gasteiger partial charge in [-0.1, -0.05) is 69.7 Å². The summed E-state index contributed by atoms with van der Waals surface area (Å²) < 4.78 is 19.6. The molecule has 0 aromatic carbocycles. The molecule has 32 heavy (non-hydrogen) atoms. The summed E-state index contributed by atoms with van der Waals surface area (Å²) in [5.74, 6) is 0.493. The molecule has 1 aliphatic carbocycles. The maximum Gasteiger partial charge on any atom is 0.310 e. The minimum absolute atomic E-state index is 0.00433. The van der Waals surface area contributed by atoms with E-state index in [1.165, 1.54) is 12.7 Å². The Balaban J connectivity index is 3.03. The number of hydrogen-bond acceptors (Lipinski definition) is 5. The van der Waals surface area contributed by atoms with Gasteiger partial charge in [0.1, 0.15) is 5.76 Å². The molecule has 1 unspecified atom stereocenters. The van der Waals surface area contributed by atoms with Crippen LogP contribution in [0, 0.1) is 11.8 Å². The smallest absolute Gasteiger partial charge is 0.310 e. The highest BCUT2D eigenvalue weighted by Crippen LogP contribution is 2.44.